The van der Waals surface area contributed by atoms with Crippen LogP contribution in [0.25, 0.3) is 0 Å². The number of likely N-dealkylation sites (tertiary alicyclic amines) is 1. The van der Waals surface area contributed by atoms with Gasteiger partial charge in [-0.25, -0.2) is 4.98 Å². The molecule has 4 heteroatoms. The minimum Gasteiger partial charge on any atom is -0.355 e. The maximum atomic E-state index is 4.45. The predicted octanol–water partition coefficient (Wildman–Crippen LogP) is 1.48. The zero-order valence-corrected chi connectivity index (χ0v) is 10.5. The van der Waals surface area contributed by atoms with Gasteiger partial charge in [0.15, 0.2) is 0 Å². The Morgan fingerprint density at radius 2 is 2.31 bits per heavy atom. The van der Waals surface area contributed by atoms with Crippen molar-refractivity contribution in [3.8, 4) is 0 Å². The van der Waals surface area contributed by atoms with E-state index in [9.17, 15) is 0 Å². The van der Waals surface area contributed by atoms with Gasteiger partial charge >= 0.3 is 0 Å². The molecule has 4 nitrogen and oxygen atoms in total. The van der Waals surface area contributed by atoms with Crippen molar-refractivity contribution >= 4 is 5.95 Å². The second kappa shape index (κ2) is 4.87. The molecule has 1 N–H and O–H groups in total. The molecule has 2 rings (SSSR count). The molecular formula is C12H22N4. The number of aryl methyl sites for hydroxylation is 2. The van der Waals surface area contributed by atoms with E-state index < -0.39 is 0 Å². The number of nitrogens with one attached hydrogen (secondary N) is 1. The third kappa shape index (κ3) is 2.76. The van der Waals surface area contributed by atoms with Crippen molar-refractivity contribution < 1.29 is 0 Å². The molecule has 0 aliphatic carbocycles. The number of anilines is 1. The Bertz CT molecular complexity index is 345. The number of aromatic nitrogens is 2. The average molecular weight is 222 g/mol. The first-order chi connectivity index (χ1) is 7.65. The van der Waals surface area contributed by atoms with Gasteiger partial charge in [0.05, 0.1) is 5.69 Å². The van der Waals surface area contributed by atoms with Gasteiger partial charge < -0.3 is 14.8 Å². The number of hydrogen-bond acceptors (Lipinski definition) is 3. The van der Waals surface area contributed by atoms with Crippen LogP contribution in [-0.4, -0.2) is 41.1 Å². The first-order valence-electron chi connectivity index (χ1n) is 6.07. The molecule has 1 aliphatic heterocycles. The Kier molecular flexibility index (Phi) is 3.49. The summed E-state index contributed by atoms with van der Waals surface area (Å²) in [5.41, 5.74) is 1.07. The second-order valence-electron chi connectivity index (χ2n) is 4.97. The lowest BCUT2D eigenvalue weighted by Crippen LogP contribution is -2.35. The Labute approximate surface area is 97.7 Å². The van der Waals surface area contributed by atoms with Crippen molar-refractivity contribution in [2.45, 2.75) is 19.8 Å². The molecule has 90 valence electrons. The minimum atomic E-state index is 0.760. The normalized spacial score (nSPS) is 22.3. The van der Waals surface area contributed by atoms with Gasteiger partial charge in [-0.2, -0.15) is 0 Å². The van der Waals surface area contributed by atoms with E-state index in [1.54, 1.807) is 0 Å². The molecule has 1 atom stereocenters. The Hall–Kier alpha value is -1.03. The highest BCUT2D eigenvalue weighted by molar-refractivity contribution is 5.28. The molecule has 2 heterocycles. The number of imidazole rings is 1. The van der Waals surface area contributed by atoms with Crippen LogP contribution in [0.15, 0.2) is 6.20 Å². The van der Waals surface area contributed by atoms with Crippen LogP contribution in [0.1, 0.15) is 18.5 Å². The van der Waals surface area contributed by atoms with Crippen LogP contribution in [0.5, 0.6) is 0 Å². The monoisotopic (exact) mass is 222 g/mol. The Balaban J connectivity index is 1.85. The zero-order chi connectivity index (χ0) is 11.5. The van der Waals surface area contributed by atoms with Crippen molar-refractivity contribution in [3.63, 3.8) is 0 Å². The molecular weight excluding hydrogens is 200 g/mol. The minimum absolute atomic E-state index is 0.760. The highest BCUT2D eigenvalue weighted by Gasteiger charge is 2.17. The second-order valence-corrected chi connectivity index (χ2v) is 4.97. The van der Waals surface area contributed by atoms with Gasteiger partial charge in [-0.3, -0.25) is 0 Å². The fourth-order valence-electron chi connectivity index (χ4n) is 2.46. The van der Waals surface area contributed by atoms with Gasteiger partial charge in [-0.05, 0) is 39.3 Å². The van der Waals surface area contributed by atoms with Crippen molar-refractivity contribution in [1.29, 1.82) is 0 Å². The van der Waals surface area contributed by atoms with Gasteiger partial charge in [0.2, 0.25) is 5.95 Å². The molecule has 0 amide bonds. The molecule has 1 aromatic heterocycles. The van der Waals surface area contributed by atoms with E-state index in [1.807, 2.05) is 14.0 Å². The lowest BCUT2D eigenvalue weighted by atomic mass is 9.99. The van der Waals surface area contributed by atoms with Crippen LogP contribution in [0.3, 0.4) is 0 Å². The zero-order valence-electron chi connectivity index (χ0n) is 10.5. The van der Waals surface area contributed by atoms with E-state index in [1.165, 1.54) is 25.9 Å². The van der Waals surface area contributed by atoms with E-state index in [2.05, 4.69) is 33.0 Å². The first kappa shape index (κ1) is 11.5. The van der Waals surface area contributed by atoms with Crippen LogP contribution in [0.4, 0.5) is 5.95 Å². The summed E-state index contributed by atoms with van der Waals surface area (Å²) in [6.45, 7) is 5.52. The van der Waals surface area contributed by atoms with Gasteiger partial charge in [-0.15, -0.1) is 0 Å². The Morgan fingerprint density at radius 1 is 1.50 bits per heavy atom. The maximum Gasteiger partial charge on any atom is 0.202 e. The molecule has 0 saturated carbocycles. The largest absolute Gasteiger partial charge is 0.355 e. The van der Waals surface area contributed by atoms with Crippen LogP contribution < -0.4 is 5.32 Å². The third-order valence-electron chi connectivity index (χ3n) is 3.27. The summed E-state index contributed by atoms with van der Waals surface area (Å²) in [5.74, 6) is 1.75. The number of rotatable bonds is 3. The SMILES string of the molecule is Cc1cn(C)c(NCC2CCCN(C)C2)n1. The van der Waals surface area contributed by atoms with E-state index in [0.717, 1.165) is 24.1 Å². The summed E-state index contributed by atoms with van der Waals surface area (Å²) in [5, 5.41) is 3.45. The van der Waals surface area contributed by atoms with Gasteiger partial charge in [0, 0.05) is 26.3 Å². The third-order valence-corrected chi connectivity index (χ3v) is 3.27. The van der Waals surface area contributed by atoms with Crippen molar-refractivity contribution in [1.82, 2.24) is 14.5 Å². The average Bonchev–Trinajstić information content (AvgIpc) is 2.54. The van der Waals surface area contributed by atoms with Crippen LogP contribution in [0, 0.1) is 12.8 Å². The first-order valence-corrected chi connectivity index (χ1v) is 6.07. The molecule has 0 radical (unpaired) electrons. The Morgan fingerprint density at radius 3 is 2.94 bits per heavy atom. The smallest absolute Gasteiger partial charge is 0.202 e. The maximum absolute atomic E-state index is 4.45. The van der Waals surface area contributed by atoms with E-state index in [-0.39, 0.29) is 0 Å². The molecule has 1 aromatic rings. The number of hydrogen-bond donors (Lipinski definition) is 1. The van der Waals surface area contributed by atoms with Gasteiger partial charge in [0.25, 0.3) is 0 Å². The van der Waals surface area contributed by atoms with Crippen LogP contribution in [0.2, 0.25) is 0 Å². The quantitative estimate of drug-likeness (QED) is 0.841. The fraction of sp³-hybridized carbons (Fsp3) is 0.750. The number of nitrogens with zero attached hydrogens (tertiary/aromatic N) is 3. The van der Waals surface area contributed by atoms with Crippen molar-refractivity contribution in [2.75, 3.05) is 32.0 Å². The summed E-state index contributed by atoms with van der Waals surface area (Å²) < 4.78 is 2.06. The highest BCUT2D eigenvalue weighted by Crippen LogP contribution is 2.16. The van der Waals surface area contributed by atoms with Crippen LogP contribution >= 0.6 is 0 Å². The predicted molar refractivity (Wildman–Crippen MR) is 66.7 cm³/mol. The summed E-state index contributed by atoms with van der Waals surface area (Å²) >= 11 is 0. The van der Waals surface area contributed by atoms with Crippen molar-refractivity contribution in [3.05, 3.63) is 11.9 Å². The molecule has 16 heavy (non-hydrogen) atoms. The summed E-state index contributed by atoms with van der Waals surface area (Å²) in [6, 6.07) is 0. The summed E-state index contributed by atoms with van der Waals surface area (Å²) in [4.78, 5) is 6.87. The van der Waals surface area contributed by atoms with Gasteiger partial charge in [-0.1, -0.05) is 0 Å². The fourth-order valence-corrected chi connectivity index (χ4v) is 2.46. The number of piperidine rings is 1. The standard InChI is InChI=1S/C12H22N4/c1-10-8-16(3)12(14-10)13-7-11-5-4-6-15(2)9-11/h8,11H,4-7,9H2,1-3H3,(H,13,14). The van der Waals surface area contributed by atoms with Crippen LogP contribution in [-0.2, 0) is 7.05 Å². The molecule has 0 bridgehead atoms. The molecule has 0 spiro atoms. The van der Waals surface area contributed by atoms with E-state index in [4.69, 9.17) is 0 Å². The summed E-state index contributed by atoms with van der Waals surface area (Å²) in [6.07, 6.45) is 4.71. The molecule has 0 aromatic carbocycles. The molecule has 1 fully saturated rings. The topological polar surface area (TPSA) is 33.1 Å². The lowest BCUT2D eigenvalue weighted by Gasteiger charge is -2.29. The van der Waals surface area contributed by atoms with E-state index in [0.29, 0.717) is 0 Å². The lowest BCUT2D eigenvalue weighted by molar-refractivity contribution is 0.217. The van der Waals surface area contributed by atoms with Crippen molar-refractivity contribution in [2.24, 2.45) is 13.0 Å². The highest BCUT2D eigenvalue weighted by atomic mass is 15.2. The van der Waals surface area contributed by atoms with E-state index >= 15 is 0 Å². The molecule has 1 unspecified atom stereocenters. The summed E-state index contributed by atoms with van der Waals surface area (Å²) in [7, 11) is 4.24. The molecule has 1 aliphatic rings. The van der Waals surface area contributed by atoms with Gasteiger partial charge in [0.1, 0.15) is 0 Å². The molecule has 1 saturated heterocycles.